The zero-order valence-corrected chi connectivity index (χ0v) is 15.1. The minimum Gasteiger partial charge on any atom is -0.496 e. The van der Waals surface area contributed by atoms with Crippen LogP contribution in [0.15, 0.2) is 84.9 Å². The fourth-order valence-corrected chi connectivity index (χ4v) is 2.84. The molecule has 0 spiro atoms. The number of aryl methyl sites for hydroxylation is 1. The maximum atomic E-state index is 6.00. The van der Waals surface area contributed by atoms with E-state index >= 15 is 0 Å². The van der Waals surface area contributed by atoms with E-state index in [4.69, 9.17) is 9.47 Å². The monoisotopic (exact) mass is 344 g/mol. The maximum absolute atomic E-state index is 6.00. The third-order valence-corrected chi connectivity index (χ3v) is 4.23. The van der Waals surface area contributed by atoms with Gasteiger partial charge in [0.05, 0.1) is 7.11 Å². The topological polar surface area (TPSA) is 18.5 Å². The average molecular weight is 344 g/mol. The SMILES string of the molecule is COc1ccccc1CC/C=C/c1ccccc1OCc1ccccc1. The number of ether oxygens (including phenoxy) is 2. The van der Waals surface area contributed by atoms with Gasteiger partial charge in [-0.25, -0.2) is 0 Å². The molecule has 2 heteroatoms. The molecule has 0 saturated heterocycles. The van der Waals surface area contributed by atoms with Crippen LogP contribution in [0.4, 0.5) is 0 Å². The molecular weight excluding hydrogens is 320 g/mol. The highest BCUT2D eigenvalue weighted by molar-refractivity contribution is 5.57. The fourth-order valence-electron chi connectivity index (χ4n) is 2.84. The normalized spacial score (nSPS) is 10.8. The molecular formula is C24H24O2. The summed E-state index contributed by atoms with van der Waals surface area (Å²) in [5.74, 6) is 1.86. The molecule has 0 unspecified atom stereocenters. The first-order chi connectivity index (χ1) is 12.9. The number of rotatable bonds is 8. The zero-order chi connectivity index (χ0) is 18.0. The van der Waals surface area contributed by atoms with Crippen molar-refractivity contribution in [2.45, 2.75) is 19.4 Å². The molecule has 132 valence electrons. The van der Waals surface area contributed by atoms with Crippen molar-refractivity contribution in [3.8, 4) is 11.5 Å². The average Bonchev–Trinajstić information content (AvgIpc) is 2.71. The lowest BCUT2D eigenvalue weighted by Gasteiger charge is -2.09. The smallest absolute Gasteiger partial charge is 0.127 e. The van der Waals surface area contributed by atoms with Gasteiger partial charge >= 0.3 is 0 Å². The lowest BCUT2D eigenvalue weighted by atomic mass is 10.1. The Bertz CT molecular complexity index is 838. The predicted octanol–water partition coefficient (Wildman–Crippen LogP) is 5.92. The van der Waals surface area contributed by atoms with Crippen LogP contribution in [0.3, 0.4) is 0 Å². The van der Waals surface area contributed by atoms with Gasteiger partial charge in [-0.1, -0.05) is 78.9 Å². The summed E-state index contributed by atoms with van der Waals surface area (Å²) in [6.45, 7) is 0.576. The summed E-state index contributed by atoms with van der Waals surface area (Å²) in [5, 5.41) is 0. The van der Waals surface area contributed by atoms with Crippen molar-refractivity contribution in [2.75, 3.05) is 7.11 Å². The molecule has 0 heterocycles. The van der Waals surface area contributed by atoms with Crippen LogP contribution < -0.4 is 9.47 Å². The fraction of sp³-hybridized carbons (Fsp3) is 0.167. The number of allylic oxidation sites excluding steroid dienone is 1. The van der Waals surface area contributed by atoms with E-state index in [-0.39, 0.29) is 0 Å². The first-order valence-corrected chi connectivity index (χ1v) is 8.91. The molecule has 3 aromatic rings. The summed E-state index contributed by atoms with van der Waals surface area (Å²) in [6, 6.07) is 26.5. The number of hydrogen-bond acceptors (Lipinski definition) is 2. The second-order valence-electron chi connectivity index (χ2n) is 6.06. The summed E-state index contributed by atoms with van der Waals surface area (Å²) in [7, 11) is 1.72. The number of benzene rings is 3. The molecule has 3 aromatic carbocycles. The molecule has 0 saturated carbocycles. The molecule has 26 heavy (non-hydrogen) atoms. The van der Waals surface area contributed by atoms with E-state index in [0.29, 0.717) is 6.61 Å². The van der Waals surface area contributed by atoms with E-state index in [2.05, 4.69) is 36.4 Å². The Kier molecular flexibility index (Phi) is 6.49. The van der Waals surface area contributed by atoms with Crippen molar-refractivity contribution in [1.29, 1.82) is 0 Å². The summed E-state index contributed by atoms with van der Waals surface area (Å²) < 4.78 is 11.4. The van der Waals surface area contributed by atoms with Crippen LogP contribution in [0.1, 0.15) is 23.1 Å². The summed E-state index contributed by atoms with van der Waals surface area (Å²) in [6.07, 6.45) is 6.23. The molecule has 0 radical (unpaired) electrons. The molecule has 0 atom stereocenters. The third kappa shape index (κ3) is 5.00. The molecule has 0 aliphatic rings. The minimum absolute atomic E-state index is 0.576. The van der Waals surface area contributed by atoms with Gasteiger partial charge in [0.2, 0.25) is 0 Å². The van der Waals surface area contributed by atoms with E-state index in [1.165, 1.54) is 11.1 Å². The molecule has 0 aliphatic carbocycles. The van der Waals surface area contributed by atoms with Crippen LogP contribution in [0, 0.1) is 0 Å². The van der Waals surface area contributed by atoms with E-state index in [0.717, 1.165) is 29.9 Å². The van der Waals surface area contributed by atoms with Crippen LogP contribution in [0.5, 0.6) is 11.5 Å². The second kappa shape index (κ2) is 9.47. The summed E-state index contributed by atoms with van der Waals surface area (Å²) in [4.78, 5) is 0. The van der Waals surface area contributed by atoms with Gasteiger partial charge in [-0.05, 0) is 36.1 Å². The highest BCUT2D eigenvalue weighted by atomic mass is 16.5. The van der Waals surface area contributed by atoms with Gasteiger partial charge in [0.25, 0.3) is 0 Å². The van der Waals surface area contributed by atoms with Crippen LogP contribution in [0.25, 0.3) is 6.08 Å². The Morgan fingerprint density at radius 1 is 0.769 bits per heavy atom. The number of methoxy groups -OCH3 is 1. The van der Waals surface area contributed by atoms with Crippen LogP contribution in [-0.2, 0) is 13.0 Å². The van der Waals surface area contributed by atoms with E-state index in [1.54, 1.807) is 7.11 Å². The predicted molar refractivity (Wildman–Crippen MR) is 108 cm³/mol. The van der Waals surface area contributed by atoms with Crippen LogP contribution >= 0.6 is 0 Å². The highest BCUT2D eigenvalue weighted by Crippen LogP contribution is 2.22. The Hall–Kier alpha value is -3.00. The maximum Gasteiger partial charge on any atom is 0.127 e. The van der Waals surface area contributed by atoms with Gasteiger partial charge in [-0.3, -0.25) is 0 Å². The molecule has 2 nitrogen and oxygen atoms in total. The Balaban J connectivity index is 1.60. The molecule has 0 N–H and O–H groups in total. The highest BCUT2D eigenvalue weighted by Gasteiger charge is 2.02. The largest absolute Gasteiger partial charge is 0.496 e. The second-order valence-corrected chi connectivity index (χ2v) is 6.06. The third-order valence-electron chi connectivity index (χ3n) is 4.23. The Morgan fingerprint density at radius 2 is 1.46 bits per heavy atom. The van der Waals surface area contributed by atoms with Crippen LogP contribution in [-0.4, -0.2) is 7.11 Å². The quantitative estimate of drug-likeness (QED) is 0.505. The first-order valence-electron chi connectivity index (χ1n) is 8.91. The molecule has 0 bridgehead atoms. The lowest BCUT2D eigenvalue weighted by molar-refractivity contribution is 0.305. The van der Waals surface area contributed by atoms with Crippen molar-refractivity contribution >= 4 is 6.08 Å². The number of hydrogen-bond donors (Lipinski definition) is 0. The van der Waals surface area contributed by atoms with Crippen molar-refractivity contribution in [3.63, 3.8) is 0 Å². The zero-order valence-electron chi connectivity index (χ0n) is 15.1. The molecule has 0 amide bonds. The number of para-hydroxylation sites is 2. The lowest BCUT2D eigenvalue weighted by Crippen LogP contribution is -1.96. The molecule has 0 aliphatic heterocycles. The Labute approximate surface area is 155 Å². The van der Waals surface area contributed by atoms with E-state index < -0.39 is 0 Å². The van der Waals surface area contributed by atoms with Crippen molar-refractivity contribution in [2.24, 2.45) is 0 Å². The minimum atomic E-state index is 0.576. The van der Waals surface area contributed by atoms with E-state index in [1.807, 2.05) is 54.6 Å². The van der Waals surface area contributed by atoms with Gasteiger partial charge in [0, 0.05) is 5.56 Å². The Morgan fingerprint density at radius 3 is 2.27 bits per heavy atom. The summed E-state index contributed by atoms with van der Waals surface area (Å²) in [5.41, 5.74) is 3.50. The van der Waals surface area contributed by atoms with Gasteiger partial charge in [-0.15, -0.1) is 0 Å². The van der Waals surface area contributed by atoms with Gasteiger partial charge in [0.1, 0.15) is 18.1 Å². The van der Waals surface area contributed by atoms with Gasteiger partial charge in [-0.2, -0.15) is 0 Å². The first kappa shape index (κ1) is 17.8. The van der Waals surface area contributed by atoms with Crippen molar-refractivity contribution in [1.82, 2.24) is 0 Å². The summed E-state index contributed by atoms with van der Waals surface area (Å²) >= 11 is 0. The molecule has 3 rings (SSSR count). The molecule has 0 aromatic heterocycles. The standard InChI is InChI=1S/C24H24O2/c1-25-23-17-9-7-14-21(23)13-5-6-15-22-16-8-10-18-24(22)26-19-20-11-3-2-4-12-20/h2-4,6-12,14-18H,5,13,19H2,1H3/b15-6+. The van der Waals surface area contributed by atoms with E-state index in [9.17, 15) is 0 Å². The van der Waals surface area contributed by atoms with Gasteiger partial charge in [0.15, 0.2) is 0 Å². The van der Waals surface area contributed by atoms with Gasteiger partial charge < -0.3 is 9.47 Å². The van der Waals surface area contributed by atoms with Crippen molar-refractivity contribution in [3.05, 3.63) is 102 Å². The van der Waals surface area contributed by atoms with Crippen molar-refractivity contribution < 1.29 is 9.47 Å². The van der Waals surface area contributed by atoms with Crippen LogP contribution in [0.2, 0.25) is 0 Å². The molecule has 0 fully saturated rings.